The SMILES string of the molecule is CCCCCCCCCCCCCCCCCCCCCCCC(=O)O[C@H](COC(=O)CCCCCCCCCCCC(C)C)COP(=O)(O)OC[C@@H](O)COP(=O)(O)OC[C@@H](COC(=O)CCCCCCCCC(C)CC)OC(=O)CCCCCCCCCC(C)C. The van der Waals surface area contributed by atoms with Crippen molar-refractivity contribution in [3.05, 3.63) is 0 Å². The van der Waals surface area contributed by atoms with Gasteiger partial charge in [0.1, 0.15) is 19.3 Å². The minimum atomic E-state index is -4.96. The molecule has 0 aliphatic rings. The second-order valence-corrected chi connectivity index (χ2v) is 30.8. The van der Waals surface area contributed by atoms with Gasteiger partial charge in [-0.3, -0.25) is 37.3 Å². The molecule has 0 radical (unpaired) electrons. The van der Waals surface area contributed by atoms with E-state index in [1.54, 1.807) is 0 Å². The molecule has 0 aromatic carbocycles. The Kier molecular flexibility index (Phi) is 63.4. The van der Waals surface area contributed by atoms with Gasteiger partial charge in [-0.05, 0) is 43.4 Å². The number of esters is 4. The average Bonchev–Trinajstić information content (AvgIpc) is 1.99. The molecule has 0 fully saturated rings. The molecule has 17 nitrogen and oxygen atoms in total. The second kappa shape index (κ2) is 64.7. The summed E-state index contributed by atoms with van der Waals surface area (Å²) in [5, 5.41) is 10.6. The highest BCUT2D eigenvalue weighted by Crippen LogP contribution is 2.45. The Balaban J connectivity index is 5.18. The maximum Gasteiger partial charge on any atom is 0.472 e. The Morgan fingerprint density at radius 3 is 0.817 bits per heavy atom. The van der Waals surface area contributed by atoms with Crippen LogP contribution in [0.3, 0.4) is 0 Å². The summed E-state index contributed by atoms with van der Waals surface area (Å²) in [6.07, 6.45) is 50.3. The number of aliphatic hydroxyl groups excluding tert-OH is 1. The summed E-state index contributed by atoms with van der Waals surface area (Å²) >= 11 is 0. The Bertz CT molecular complexity index is 1820. The molecular weight excluding hydrogens is 1220 g/mol. The predicted octanol–water partition coefficient (Wildman–Crippen LogP) is 21.4. The topological polar surface area (TPSA) is 237 Å². The first-order valence-corrected chi connectivity index (χ1v) is 41.4. The monoisotopic (exact) mass is 1370 g/mol. The summed E-state index contributed by atoms with van der Waals surface area (Å²) < 4.78 is 68.4. The summed E-state index contributed by atoms with van der Waals surface area (Å²) in [4.78, 5) is 72.6. The van der Waals surface area contributed by atoms with Gasteiger partial charge in [-0.1, -0.05) is 325 Å². The van der Waals surface area contributed by atoms with Crippen LogP contribution in [0.4, 0.5) is 0 Å². The zero-order chi connectivity index (χ0) is 68.7. The van der Waals surface area contributed by atoms with Crippen LogP contribution in [0.15, 0.2) is 0 Å². The van der Waals surface area contributed by atoms with E-state index >= 15 is 0 Å². The molecule has 0 aliphatic carbocycles. The van der Waals surface area contributed by atoms with E-state index in [2.05, 4.69) is 48.5 Å². The van der Waals surface area contributed by atoms with Crippen LogP contribution in [0, 0.1) is 17.8 Å². The van der Waals surface area contributed by atoms with Crippen LogP contribution in [0.2, 0.25) is 0 Å². The van der Waals surface area contributed by atoms with Gasteiger partial charge in [0.25, 0.3) is 0 Å². The molecule has 0 saturated heterocycles. The molecule has 0 saturated carbocycles. The van der Waals surface area contributed by atoms with Gasteiger partial charge in [0.15, 0.2) is 12.2 Å². The van der Waals surface area contributed by atoms with E-state index in [0.29, 0.717) is 31.6 Å². The van der Waals surface area contributed by atoms with Gasteiger partial charge >= 0.3 is 39.5 Å². The number of unbranched alkanes of at least 4 members (excludes halogenated alkanes) is 39. The molecule has 19 heteroatoms. The first-order valence-electron chi connectivity index (χ1n) is 38.4. The quantitative estimate of drug-likeness (QED) is 0.0222. The van der Waals surface area contributed by atoms with Gasteiger partial charge in [0.05, 0.1) is 26.4 Å². The first-order chi connectivity index (χ1) is 44.8. The standard InChI is InChI=1S/C74H144O17P2/c1-8-10-11-12-13-14-15-16-17-18-19-20-21-22-23-24-25-28-34-43-50-57-73(78)90-69(61-84-71(76)55-48-41-33-29-26-27-31-38-45-52-65(3)4)63-88-92(80,81)86-59-68(75)60-87-93(82,83)89-64-70(91-74(79)58-51-44-35-30-32-39-46-53-66(5)6)62-85-72(77)56-49-42-37-36-40-47-54-67(7)9-2/h65-70,75H,8-64H2,1-7H3,(H,80,81)(H,82,83)/t67?,68-,69-,70-/m1/s1. The third-order valence-corrected chi connectivity index (χ3v) is 19.4. The van der Waals surface area contributed by atoms with Crippen molar-refractivity contribution in [2.75, 3.05) is 39.6 Å². The number of carbonyl (C=O) groups excluding carboxylic acids is 4. The molecule has 0 bridgehead atoms. The lowest BCUT2D eigenvalue weighted by Crippen LogP contribution is -2.30. The normalized spacial score (nSPS) is 14.4. The van der Waals surface area contributed by atoms with Crippen molar-refractivity contribution in [1.82, 2.24) is 0 Å². The fraction of sp³-hybridized carbons (Fsp3) is 0.946. The largest absolute Gasteiger partial charge is 0.472 e. The summed E-state index contributed by atoms with van der Waals surface area (Å²) in [7, 11) is -9.91. The van der Waals surface area contributed by atoms with Gasteiger partial charge in [-0.25, -0.2) is 9.13 Å². The number of aliphatic hydroxyl groups is 1. The van der Waals surface area contributed by atoms with Gasteiger partial charge in [-0.15, -0.1) is 0 Å². The van der Waals surface area contributed by atoms with Gasteiger partial charge in [-0.2, -0.15) is 0 Å². The lowest BCUT2D eigenvalue weighted by molar-refractivity contribution is -0.161. The number of phosphoric ester groups is 2. The van der Waals surface area contributed by atoms with Crippen molar-refractivity contribution in [3.8, 4) is 0 Å². The minimum absolute atomic E-state index is 0.102. The van der Waals surface area contributed by atoms with Gasteiger partial charge < -0.3 is 33.8 Å². The Morgan fingerprint density at radius 1 is 0.312 bits per heavy atom. The highest BCUT2D eigenvalue weighted by atomic mass is 31.2. The number of phosphoric acid groups is 2. The zero-order valence-corrected chi connectivity index (χ0v) is 62.5. The first kappa shape index (κ1) is 91.1. The molecule has 552 valence electrons. The molecule has 6 atom stereocenters. The smallest absolute Gasteiger partial charge is 0.462 e. The third-order valence-electron chi connectivity index (χ3n) is 17.5. The molecule has 0 amide bonds. The zero-order valence-electron chi connectivity index (χ0n) is 60.7. The van der Waals surface area contributed by atoms with Crippen LogP contribution in [0.25, 0.3) is 0 Å². The van der Waals surface area contributed by atoms with Crippen molar-refractivity contribution in [3.63, 3.8) is 0 Å². The van der Waals surface area contributed by atoms with E-state index in [9.17, 15) is 43.2 Å². The Morgan fingerprint density at radius 2 is 0.548 bits per heavy atom. The van der Waals surface area contributed by atoms with Crippen molar-refractivity contribution >= 4 is 39.5 Å². The van der Waals surface area contributed by atoms with Gasteiger partial charge in [0, 0.05) is 25.7 Å². The van der Waals surface area contributed by atoms with Crippen molar-refractivity contribution in [2.45, 2.75) is 394 Å². The molecule has 93 heavy (non-hydrogen) atoms. The summed E-state index contributed by atoms with van der Waals surface area (Å²) in [6, 6.07) is 0. The van der Waals surface area contributed by atoms with Crippen LogP contribution < -0.4 is 0 Å². The third kappa shape index (κ3) is 67.0. The molecule has 0 spiro atoms. The Hall–Kier alpha value is -1.94. The molecule has 0 aromatic rings. The van der Waals surface area contributed by atoms with Gasteiger partial charge in [0.2, 0.25) is 0 Å². The minimum Gasteiger partial charge on any atom is -0.462 e. The fourth-order valence-electron chi connectivity index (χ4n) is 11.2. The number of carbonyl (C=O) groups is 4. The second-order valence-electron chi connectivity index (χ2n) is 27.9. The summed E-state index contributed by atoms with van der Waals surface area (Å²) in [6.45, 7) is 11.7. The maximum atomic E-state index is 13.1. The molecule has 3 N–H and O–H groups in total. The predicted molar refractivity (Wildman–Crippen MR) is 377 cm³/mol. The Labute approximate surface area is 568 Å². The van der Waals surface area contributed by atoms with E-state index in [1.807, 2.05) is 0 Å². The van der Waals surface area contributed by atoms with E-state index in [-0.39, 0.29) is 25.7 Å². The molecule has 0 heterocycles. The van der Waals surface area contributed by atoms with Crippen LogP contribution in [-0.2, 0) is 65.4 Å². The summed E-state index contributed by atoms with van der Waals surface area (Å²) in [5.74, 6) is 0.0436. The van der Waals surface area contributed by atoms with E-state index in [0.717, 1.165) is 108 Å². The average molecular weight is 1370 g/mol. The summed E-state index contributed by atoms with van der Waals surface area (Å²) in [5.41, 5.74) is 0. The fourth-order valence-corrected chi connectivity index (χ4v) is 12.8. The highest BCUT2D eigenvalue weighted by molar-refractivity contribution is 7.47. The maximum absolute atomic E-state index is 13.1. The number of hydrogen-bond acceptors (Lipinski definition) is 15. The highest BCUT2D eigenvalue weighted by Gasteiger charge is 2.30. The van der Waals surface area contributed by atoms with Crippen molar-refractivity contribution in [1.29, 1.82) is 0 Å². The molecule has 0 aliphatic heterocycles. The number of rotatable bonds is 72. The van der Waals surface area contributed by atoms with E-state index in [4.69, 9.17) is 37.0 Å². The molecule has 0 rings (SSSR count). The van der Waals surface area contributed by atoms with Crippen LogP contribution in [-0.4, -0.2) is 96.7 Å². The number of hydrogen-bond donors (Lipinski definition) is 3. The molecule has 3 unspecified atom stereocenters. The van der Waals surface area contributed by atoms with Crippen LogP contribution in [0.1, 0.15) is 376 Å². The van der Waals surface area contributed by atoms with Crippen LogP contribution >= 0.6 is 15.6 Å². The van der Waals surface area contributed by atoms with Crippen molar-refractivity contribution in [2.24, 2.45) is 17.8 Å². The van der Waals surface area contributed by atoms with Crippen molar-refractivity contribution < 1.29 is 80.2 Å². The lowest BCUT2D eigenvalue weighted by Gasteiger charge is -2.21. The van der Waals surface area contributed by atoms with E-state index < -0.39 is 97.5 Å². The number of ether oxygens (including phenoxy) is 4. The van der Waals surface area contributed by atoms with Crippen LogP contribution in [0.5, 0.6) is 0 Å². The lowest BCUT2D eigenvalue weighted by atomic mass is 10.00. The molecular formula is C74H144O17P2. The van der Waals surface area contributed by atoms with E-state index in [1.165, 1.54) is 180 Å². The molecule has 0 aromatic heterocycles.